The molecule has 1 N–H and O–H groups in total. The van der Waals surface area contributed by atoms with E-state index >= 15 is 0 Å². The third kappa shape index (κ3) is 2.70. The number of carbonyl (C=O) groups excluding carboxylic acids is 2. The van der Waals surface area contributed by atoms with Crippen LogP contribution in [0.1, 0.15) is 20.8 Å². The summed E-state index contributed by atoms with van der Waals surface area (Å²) < 4.78 is 0. The monoisotopic (exact) mass is 180 g/mol. The highest BCUT2D eigenvalue weighted by Crippen LogP contribution is 2.03. The molecule has 1 rings (SSSR count). The molecule has 0 radical (unpaired) electrons. The zero-order valence-electron chi connectivity index (χ0n) is 8.13. The van der Waals surface area contributed by atoms with E-state index in [-0.39, 0.29) is 24.9 Å². The summed E-state index contributed by atoms with van der Waals surface area (Å²) in [5.74, 6) is -0.497. The van der Waals surface area contributed by atoms with Gasteiger partial charge in [0, 0.05) is 17.7 Å². The highest BCUT2D eigenvalue weighted by Gasteiger charge is 2.25. The van der Waals surface area contributed by atoms with Crippen molar-refractivity contribution >= 4 is 19.4 Å². The number of nitrogens with one attached hydrogen (secondary N) is 1. The molecule has 0 aromatic carbocycles. The molecule has 0 bridgehead atoms. The van der Waals surface area contributed by atoms with E-state index in [1.165, 1.54) is 17.0 Å². The van der Waals surface area contributed by atoms with E-state index < -0.39 is 0 Å². The van der Waals surface area contributed by atoms with Crippen molar-refractivity contribution in [3.8, 4) is 0 Å². The van der Waals surface area contributed by atoms with Crippen LogP contribution >= 0.6 is 0 Å². The molecule has 0 aliphatic carbocycles. The van der Waals surface area contributed by atoms with Gasteiger partial charge >= 0.3 is 7.55 Å². The first-order chi connectivity index (χ1) is 5.90. The SMILES string of the molecule is CC(C)(C)NBN1C(=O)C=CC1=O. The molecule has 13 heavy (non-hydrogen) atoms. The molecular formula is C8H13BN2O2. The zero-order valence-corrected chi connectivity index (χ0v) is 8.13. The van der Waals surface area contributed by atoms with E-state index in [1.54, 1.807) is 0 Å². The van der Waals surface area contributed by atoms with Gasteiger partial charge in [0.15, 0.2) is 0 Å². The molecule has 70 valence electrons. The van der Waals surface area contributed by atoms with Crippen molar-refractivity contribution < 1.29 is 9.59 Å². The van der Waals surface area contributed by atoms with E-state index in [1.807, 2.05) is 20.8 Å². The fraction of sp³-hybridized carbons (Fsp3) is 0.500. The number of carbonyl (C=O) groups is 2. The van der Waals surface area contributed by atoms with Crippen molar-refractivity contribution in [3.05, 3.63) is 12.2 Å². The maximum Gasteiger partial charge on any atom is 0.333 e. The van der Waals surface area contributed by atoms with Crippen LogP contribution in [0, 0.1) is 0 Å². The third-order valence-electron chi connectivity index (χ3n) is 1.67. The minimum atomic E-state index is -0.248. The van der Waals surface area contributed by atoms with Crippen LogP contribution in [0.2, 0.25) is 0 Å². The molecule has 0 atom stereocenters. The number of hydrogen-bond donors (Lipinski definition) is 1. The standard InChI is InChI=1S/C8H13BN2O2/c1-8(2,3)10-9-11-6(12)4-5-7(11)13/h4-5,9-10H,1-3H3. The number of amides is 2. The van der Waals surface area contributed by atoms with Crippen LogP contribution < -0.4 is 5.23 Å². The lowest BCUT2D eigenvalue weighted by atomic mass is 9.99. The average molecular weight is 180 g/mol. The van der Waals surface area contributed by atoms with E-state index in [4.69, 9.17) is 0 Å². The van der Waals surface area contributed by atoms with Crippen molar-refractivity contribution in [2.45, 2.75) is 26.3 Å². The van der Waals surface area contributed by atoms with Gasteiger partial charge in [0.25, 0.3) is 0 Å². The highest BCUT2D eigenvalue weighted by atomic mass is 16.2. The Bertz CT molecular complexity index is 250. The molecule has 0 aromatic heterocycles. The van der Waals surface area contributed by atoms with Crippen LogP contribution in [0.5, 0.6) is 0 Å². The molecule has 4 nitrogen and oxygen atoms in total. The lowest BCUT2D eigenvalue weighted by Crippen LogP contribution is -2.49. The van der Waals surface area contributed by atoms with Crippen LogP contribution in [0.4, 0.5) is 0 Å². The summed E-state index contributed by atoms with van der Waals surface area (Å²) in [4.78, 5) is 23.3. The van der Waals surface area contributed by atoms with Gasteiger partial charge < -0.3 is 10.0 Å². The predicted molar refractivity (Wildman–Crippen MR) is 51.0 cm³/mol. The maximum atomic E-state index is 11.1. The van der Waals surface area contributed by atoms with Gasteiger partial charge in [-0.25, -0.2) is 0 Å². The van der Waals surface area contributed by atoms with Crippen LogP contribution in [0.3, 0.4) is 0 Å². The average Bonchev–Trinajstić information content (AvgIpc) is 2.27. The quantitative estimate of drug-likeness (QED) is 0.463. The van der Waals surface area contributed by atoms with Crippen LogP contribution in [-0.2, 0) is 9.59 Å². The summed E-state index contributed by atoms with van der Waals surface area (Å²) >= 11 is 0. The van der Waals surface area contributed by atoms with Crippen molar-refractivity contribution in [1.29, 1.82) is 0 Å². The van der Waals surface area contributed by atoms with Gasteiger partial charge in [-0.05, 0) is 20.8 Å². The summed E-state index contributed by atoms with van der Waals surface area (Å²) in [7, 11) is 0.272. The Morgan fingerprint density at radius 2 is 1.69 bits per heavy atom. The Balaban J connectivity index is 2.47. The molecule has 1 aliphatic rings. The third-order valence-corrected chi connectivity index (χ3v) is 1.67. The topological polar surface area (TPSA) is 49.4 Å². The second-order valence-electron chi connectivity index (χ2n) is 4.02. The van der Waals surface area contributed by atoms with Crippen molar-refractivity contribution in [2.24, 2.45) is 0 Å². The lowest BCUT2D eigenvalue weighted by molar-refractivity contribution is -0.131. The van der Waals surface area contributed by atoms with Gasteiger partial charge in [0.05, 0.1) is 0 Å². The molecule has 0 spiro atoms. The Kier molecular flexibility index (Phi) is 2.56. The summed E-state index contributed by atoms with van der Waals surface area (Å²) in [5, 5.41) is 3.07. The molecule has 0 saturated heterocycles. The lowest BCUT2D eigenvalue weighted by Gasteiger charge is -2.23. The van der Waals surface area contributed by atoms with Gasteiger partial charge in [0.1, 0.15) is 0 Å². The van der Waals surface area contributed by atoms with Gasteiger partial charge in [-0.15, -0.1) is 0 Å². The summed E-state index contributed by atoms with van der Waals surface area (Å²) in [5.41, 5.74) is -0.0941. The molecule has 5 heteroatoms. The van der Waals surface area contributed by atoms with Gasteiger partial charge in [-0.2, -0.15) is 0 Å². The number of imide groups is 1. The second kappa shape index (κ2) is 3.34. The van der Waals surface area contributed by atoms with Crippen molar-refractivity contribution in [2.75, 3.05) is 0 Å². The fourth-order valence-electron chi connectivity index (χ4n) is 0.903. The Morgan fingerprint density at radius 1 is 1.23 bits per heavy atom. The van der Waals surface area contributed by atoms with Crippen LogP contribution in [0.25, 0.3) is 0 Å². The largest absolute Gasteiger partial charge is 0.335 e. The van der Waals surface area contributed by atoms with Crippen LogP contribution in [0.15, 0.2) is 12.2 Å². The first kappa shape index (κ1) is 9.99. The minimum absolute atomic E-state index is 0.0941. The number of nitrogens with zero attached hydrogens (tertiary/aromatic N) is 1. The molecular weight excluding hydrogens is 167 g/mol. The normalized spacial score (nSPS) is 17.0. The van der Waals surface area contributed by atoms with Crippen molar-refractivity contribution in [1.82, 2.24) is 10.0 Å². The van der Waals surface area contributed by atoms with Gasteiger partial charge in [-0.3, -0.25) is 9.59 Å². The number of hydrogen-bond acceptors (Lipinski definition) is 3. The van der Waals surface area contributed by atoms with E-state index in [0.29, 0.717) is 0 Å². The maximum absolute atomic E-state index is 11.1. The van der Waals surface area contributed by atoms with Crippen LogP contribution in [-0.4, -0.2) is 29.7 Å². The fourth-order valence-corrected chi connectivity index (χ4v) is 0.903. The molecule has 2 amide bonds. The minimum Gasteiger partial charge on any atom is -0.335 e. The highest BCUT2D eigenvalue weighted by molar-refractivity contribution is 6.44. The van der Waals surface area contributed by atoms with Crippen molar-refractivity contribution in [3.63, 3.8) is 0 Å². The Morgan fingerprint density at radius 3 is 2.08 bits per heavy atom. The zero-order chi connectivity index (χ0) is 10.1. The molecule has 0 saturated carbocycles. The summed E-state index contributed by atoms with van der Waals surface area (Å²) in [6.07, 6.45) is 2.57. The van der Waals surface area contributed by atoms with E-state index in [0.717, 1.165) is 0 Å². The first-order valence-corrected chi connectivity index (χ1v) is 4.19. The molecule has 0 unspecified atom stereocenters. The molecule has 0 fully saturated rings. The predicted octanol–water partition coefficient (Wildman–Crippen LogP) is -0.434. The molecule has 0 aromatic rings. The smallest absolute Gasteiger partial charge is 0.333 e. The van der Waals surface area contributed by atoms with Gasteiger partial charge in [0.2, 0.25) is 11.8 Å². The Labute approximate surface area is 78.3 Å². The van der Waals surface area contributed by atoms with E-state index in [9.17, 15) is 9.59 Å². The summed E-state index contributed by atoms with van der Waals surface area (Å²) in [6.45, 7) is 5.93. The van der Waals surface area contributed by atoms with Gasteiger partial charge in [-0.1, -0.05) is 0 Å². The number of rotatable bonds is 2. The first-order valence-electron chi connectivity index (χ1n) is 4.19. The second-order valence-corrected chi connectivity index (χ2v) is 4.02. The molecule has 1 heterocycles. The van der Waals surface area contributed by atoms with E-state index in [2.05, 4.69) is 5.23 Å². The molecule has 1 aliphatic heterocycles. The summed E-state index contributed by atoms with van der Waals surface area (Å²) in [6, 6.07) is 0. The Hall–Kier alpha value is -1.10.